The van der Waals surface area contributed by atoms with E-state index in [0.29, 0.717) is 22.1 Å². The van der Waals surface area contributed by atoms with Gasteiger partial charge in [-0.15, -0.1) is 0 Å². The van der Waals surface area contributed by atoms with Crippen LogP contribution in [0, 0.1) is 6.92 Å². The molecule has 2 aromatic carbocycles. The zero-order valence-electron chi connectivity index (χ0n) is 16.7. The van der Waals surface area contributed by atoms with Gasteiger partial charge in [0.15, 0.2) is 0 Å². The number of nitrogens with zero attached hydrogens (tertiary/aromatic N) is 4. The van der Waals surface area contributed by atoms with Crippen molar-refractivity contribution in [2.24, 2.45) is 0 Å². The second-order valence-corrected chi connectivity index (χ2v) is 9.17. The molecule has 0 saturated heterocycles. The number of carbonyl (C=O) groups excluding carboxylic acids is 1. The molecule has 158 valence electrons. The lowest BCUT2D eigenvalue weighted by atomic mass is 10.2. The molecular weight excluding hydrogens is 428 g/mol. The zero-order valence-corrected chi connectivity index (χ0v) is 18.3. The smallest absolute Gasteiger partial charge is 0.246 e. The Morgan fingerprint density at radius 2 is 1.87 bits per heavy atom. The molecule has 0 unspecified atom stereocenters. The molecule has 0 aliphatic rings. The first-order chi connectivity index (χ1) is 14.1. The molecule has 1 amide bonds. The van der Waals surface area contributed by atoms with E-state index in [4.69, 9.17) is 16.1 Å². The molecule has 0 fully saturated rings. The van der Waals surface area contributed by atoms with Crippen LogP contribution in [0.5, 0.6) is 0 Å². The van der Waals surface area contributed by atoms with Crippen LogP contribution in [0.4, 0.5) is 5.69 Å². The number of benzene rings is 2. The number of carbonyl (C=O) groups is 1. The number of hydrogen-bond acceptors (Lipinski definition) is 6. The first-order valence-corrected chi connectivity index (χ1v) is 11.2. The molecule has 0 saturated carbocycles. The Morgan fingerprint density at radius 3 is 2.50 bits per heavy atom. The molecule has 10 heteroatoms. The third kappa shape index (κ3) is 5.17. The molecule has 0 N–H and O–H groups in total. The van der Waals surface area contributed by atoms with Crippen LogP contribution in [0.1, 0.15) is 11.5 Å². The van der Waals surface area contributed by atoms with Gasteiger partial charge in [0.25, 0.3) is 0 Å². The highest BCUT2D eigenvalue weighted by Crippen LogP contribution is 2.25. The Labute approximate surface area is 180 Å². The molecule has 3 aromatic rings. The molecular formula is C20H21ClN4O4S. The summed E-state index contributed by atoms with van der Waals surface area (Å²) in [6, 6.07) is 14.1. The van der Waals surface area contributed by atoms with E-state index in [1.165, 1.54) is 4.90 Å². The topological polar surface area (TPSA) is 96.6 Å². The van der Waals surface area contributed by atoms with Crippen LogP contribution in [0.3, 0.4) is 0 Å². The standard InChI is InChI=1S/C20H21ClN4O4S/c1-14-11-16(21)9-10-17(14)25(30(3,27)28)13-19(26)24(2)12-18-22-20(23-29-18)15-7-5-4-6-8-15/h4-11H,12-13H2,1-3H3. The zero-order chi connectivity index (χ0) is 21.9. The van der Waals surface area contributed by atoms with E-state index in [1.54, 1.807) is 32.2 Å². The van der Waals surface area contributed by atoms with Crippen molar-refractivity contribution in [1.82, 2.24) is 15.0 Å². The lowest BCUT2D eigenvalue weighted by Crippen LogP contribution is -2.41. The van der Waals surface area contributed by atoms with Crippen molar-refractivity contribution >= 4 is 33.2 Å². The third-order valence-electron chi connectivity index (χ3n) is 4.40. The SMILES string of the molecule is Cc1cc(Cl)ccc1N(CC(=O)N(C)Cc1nc(-c2ccccc2)no1)S(C)(=O)=O. The van der Waals surface area contributed by atoms with E-state index in [1.807, 2.05) is 30.3 Å². The van der Waals surface area contributed by atoms with Crippen molar-refractivity contribution in [1.29, 1.82) is 0 Å². The molecule has 0 spiro atoms. The molecule has 0 aliphatic carbocycles. The van der Waals surface area contributed by atoms with Crippen LogP contribution in [0.2, 0.25) is 5.02 Å². The van der Waals surface area contributed by atoms with Crippen molar-refractivity contribution in [3.05, 3.63) is 65.0 Å². The molecule has 0 atom stereocenters. The summed E-state index contributed by atoms with van der Waals surface area (Å²) < 4.78 is 30.9. The van der Waals surface area contributed by atoms with Crippen LogP contribution >= 0.6 is 11.6 Å². The molecule has 0 aliphatic heterocycles. The van der Waals surface area contributed by atoms with Gasteiger partial charge < -0.3 is 9.42 Å². The number of sulfonamides is 1. The van der Waals surface area contributed by atoms with Gasteiger partial charge in [0.2, 0.25) is 27.6 Å². The van der Waals surface area contributed by atoms with Gasteiger partial charge in [-0.05, 0) is 30.7 Å². The number of halogens is 1. The highest BCUT2D eigenvalue weighted by Gasteiger charge is 2.25. The quantitative estimate of drug-likeness (QED) is 0.551. The van der Waals surface area contributed by atoms with Gasteiger partial charge in [-0.3, -0.25) is 9.10 Å². The second-order valence-electron chi connectivity index (χ2n) is 6.83. The molecule has 1 heterocycles. The number of likely N-dealkylation sites (N-methyl/N-ethyl adjacent to an activating group) is 1. The van der Waals surface area contributed by atoms with Gasteiger partial charge in [-0.25, -0.2) is 8.42 Å². The van der Waals surface area contributed by atoms with Gasteiger partial charge in [0, 0.05) is 17.6 Å². The van der Waals surface area contributed by atoms with Crippen molar-refractivity contribution in [3.8, 4) is 11.4 Å². The minimum Gasteiger partial charge on any atom is -0.337 e. The average Bonchev–Trinajstić information content (AvgIpc) is 3.15. The maximum Gasteiger partial charge on any atom is 0.246 e. The van der Waals surface area contributed by atoms with E-state index in [2.05, 4.69) is 10.1 Å². The molecule has 0 radical (unpaired) electrons. The normalized spacial score (nSPS) is 11.3. The first-order valence-electron chi connectivity index (χ1n) is 9.01. The van der Waals surface area contributed by atoms with Crippen LogP contribution in [-0.2, 0) is 21.4 Å². The second kappa shape index (κ2) is 8.85. The Hall–Kier alpha value is -2.91. The lowest BCUT2D eigenvalue weighted by molar-refractivity contribution is -0.129. The van der Waals surface area contributed by atoms with Crippen molar-refractivity contribution in [2.75, 3.05) is 24.2 Å². The van der Waals surface area contributed by atoms with E-state index >= 15 is 0 Å². The number of rotatable bonds is 7. The molecule has 8 nitrogen and oxygen atoms in total. The van der Waals surface area contributed by atoms with Crippen LogP contribution < -0.4 is 4.31 Å². The fraction of sp³-hybridized carbons (Fsp3) is 0.250. The summed E-state index contributed by atoms with van der Waals surface area (Å²) in [6.45, 7) is 1.42. The molecule has 30 heavy (non-hydrogen) atoms. The maximum atomic E-state index is 12.7. The number of anilines is 1. The van der Waals surface area contributed by atoms with E-state index in [0.717, 1.165) is 16.1 Å². The predicted molar refractivity (Wildman–Crippen MR) is 115 cm³/mol. The van der Waals surface area contributed by atoms with E-state index in [9.17, 15) is 13.2 Å². The van der Waals surface area contributed by atoms with E-state index < -0.39 is 15.9 Å². The maximum absolute atomic E-state index is 12.7. The Balaban J connectivity index is 1.74. The minimum absolute atomic E-state index is 0.0515. The number of aryl methyl sites for hydroxylation is 1. The number of amides is 1. The van der Waals surface area contributed by atoms with Gasteiger partial charge in [0.05, 0.1) is 18.5 Å². The monoisotopic (exact) mass is 448 g/mol. The summed E-state index contributed by atoms with van der Waals surface area (Å²) in [5, 5.41) is 4.41. The molecule has 1 aromatic heterocycles. The van der Waals surface area contributed by atoms with Crippen LogP contribution in [0.15, 0.2) is 53.1 Å². The summed E-state index contributed by atoms with van der Waals surface area (Å²) in [7, 11) is -2.15. The predicted octanol–water partition coefficient (Wildman–Crippen LogP) is 3.12. The fourth-order valence-electron chi connectivity index (χ4n) is 2.84. The van der Waals surface area contributed by atoms with Crippen molar-refractivity contribution in [3.63, 3.8) is 0 Å². The fourth-order valence-corrected chi connectivity index (χ4v) is 3.97. The number of hydrogen-bond donors (Lipinski definition) is 0. The average molecular weight is 449 g/mol. The largest absolute Gasteiger partial charge is 0.337 e. The summed E-state index contributed by atoms with van der Waals surface area (Å²) >= 11 is 5.96. The van der Waals surface area contributed by atoms with Crippen LogP contribution in [0.25, 0.3) is 11.4 Å². The summed E-state index contributed by atoms with van der Waals surface area (Å²) in [5.74, 6) is 0.244. The first kappa shape index (κ1) is 21.8. The van der Waals surface area contributed by atoms with Gasteiger partial charge in [0.1, 0.15) is 6.54 Å². The Kier molecular flexibility index (Phi) is 6.42. The minimum atomic E-state index is -3.70. The highest BCUT2D eigenvalue weighted by molar-refractivity contribution is 7.92. The van der Waals surface area contributed by atoms with Crippen molar-refractivity contribution < 1.29 is 17.7 Å². The van der Waals surface area contributed by atoms with Crippen molar-refractivity contribution in [2.45, 2.75) is 13.5 Å². The molecule has 3 rings (SSSR count). The Bertz CT molecular complexity index is 1150. The Morgan fingerprint density at radius 1 is 1.17 bits per heavy atom. The summed E-state index contributed by atoms with van der Waals surface area (Å²) in [4.78, 5) is 18.4. The highest BCUT2D eigenvalue weighted by atomic mass is 35.5. The number of aromatic nitrogens is 2. The van der Waals surface area contributed by atoms with Gasteiger partial charge in [-0.2, -0.15) is 4.98 Å². The lowest BCUT2D eigenvalue weighted by Gasteiger charge is -2.26. The van der Waals surface area contributed by atoms with E-state index in [-0.39, 0.29) is 19.0 Å². The van der Waals surface area contributed by atoms with Crippen LogP contribution in [-0.4, -0.2) is 49.2 Å². The molecule has 0 bridgehead atoms. The summed E-state index contributed by atoms with van der Waals surface area (Å²) in [5.41, 5.74) is 1.84. The van der Waals surface area contributed by atoms with Gasteiger partial charge in [-0.1, -0.05) is 47.1 Å². The summed E-state index contributed by atoms with van der Waals surface area (Å²) in [6.07, 6.45) is 1.05. The van der Waals surface area contributed by atoms with Gasteiger partial charge >= 0.3 is 0 Å². The third-order valence-corrected chi connectivity index (χ3v) is 5.77.